The van der Waals surface area contributed by atoms with Crippen LogP contribution in [-0.4, -0.2) is 73.0 Å². The maximum Gasteiger partial charge on any atom is 0.234 e. The Morgan fingerprint density at radius 1 is 1.07 bits per heavy atom. The van der Waals surface area contributed by atoms with E-state index in [1.165, 1.54) is 12.8 Å². The molecule has 0 amide bonds. The summed E-state index contributed by atoms with van der Waals surface area (Å²) in [4.78, 5) is 12.1. The van der Waals surface area contributed by atoms with E-state index in [-0.39, 0.29) is 5.54 Å². The van der Waals surface area contributed by atoms with E-state index in [0.29, 0.717) is 49.6 Å². The number of piperazine rings is 1. The number of ether oxygens (including phenoxy) is 1. The number of nitrogens with zero attached hydrogens (tertiary/aromatic N) is 5. The lowest BCUT2D eigenvalue weighted by Crippen LogP contribution is -2.52. The molecule has 1 N–H and O–H groups in total. The number of alkyl halides is 1. The molecule has 42 heavy (non-hydrogen) atoms. The van der Waals surface area contributed by atoms with Gasteiger partial charge in [-0.15, -0.1) is 0 Å². The average Bonchev–Trinajstić information content (AvgIpc) is 3.65. The van der Waals surface area contributed by atoms with Gasteiger partial charge in [0.15, 0.2) is 0 Å². The number of nitrogens with one attached hydrogen (secondary N) is 1. The zero-order valence-corrected chi connectivity index (χ0v) is 24.5. The number of hydrogen-bond acceptors (Lipinski definition) is 7. The first-order valence-electron chi connectivity index (χ1n) is 15.4. The normalized spacial score (nSPS) is 28.6. The molecule has 2 aromatic carbocycles. The van der Waals surface area contributed by atoms with Gasteiger partial charge in [0.25, 0.3) is 0 Å². The van der Waals surface area contributed by atoms with Crippen molar-refractivity contribution in [1.82, 2.24) is 15.2 Å². The molecular formula is C33H36ClFN6O. The molecule has 0 aliphatic carbocycles. The molecule has 0 radical (unpaired) electrons. The fourth-order valence-corrected chi connectivity index (χ4v) is 8.71. The van der Waals surface area contributed by atoms with Gasteiger partial charge in [0.05, 0.1) is 10.6 Å². The maximum absolute atomic E-state index is 14.5. The van der Waals surface area contributed by atoms with Crippen LogP contribution in [0, 0.1) is 11.3 Å². The van der Waals surface area contributed by atoms with E-state index in [9.17, 15) is 9.65 Å². The Hall–Kier alpha value is -3.12. The Bertz CT molecular complexity index is 1580. The average molecular weight is 587 g/mol. The van der Waals surface area contributed by atoms with E-state index in [1.54, 1.807) is 0 Å². The van der Waals surface area contributed by atoms with Gasteiger partial charge >= 0.3 is 0 Å². The van der Waals surface area contributed by atoms with Crippen molar-refractivity contribution < 1.29 is 9.13 Å². The molecule has 218 valence electrons. The summed E-state index contributed by atoms with van der Waals surface area (Å²) in [6, 6.07) is 15.7. The first kappa shape index (κ1) is 26.5. The smallest absolute Gasteiger partial charge is 0.234 e. The molecule has 2 bridgehead atoms. The van der Waals surface area contributed by atoms with Gasteiger partial charge in [-0.25, -0.2) is 4.39 Å². The van der Waals surface area contributed by atoms with Gasteiger partial charge in [-0.1, -0.05) is 35.9 Å². The highest BCUT2D eigenvalue weighted by Gasteiger charge is 2.49. The van der Waals surface area contributed by atoms with E-state index in [2.05, 4.69) is 50.4 Å². The molecule has 5 aliphatic heterocycles. The standard InChI is InChI=1S/C33H36ClFN6O/c34-28-6-1-4-21-5-2-7-29(30(21)28)39-13-10-25-27(19-39)26(15-36)32(38-31(25)40-17-23-8-9-24(18-40)37-23)42-20-33-11-3-12-41(33)16-22(35)14-33/h1-2,4-7,22-24,37H,3,8-14,16-20H2. The van der Waals surface area contributed by atoms with Crippen molar-refractivity contribution >= 4 is 33.9 Å². The van der Waals surface area contributed by atoms with Crippen LogP contribution in [0.1, 0.15) is 48.8 Å². The summed E-state index contributed by atoms with van der Waals surface area (Å²) in [6.45, 7) is 4.95. The summed E-state index contributed by atoms with van der Waals surface area (Å²) in [5, 5.41) is 17.2. The molecule has 1 aromatic heterocycles. The number of benzene rings is 2. The molecular weight excluding hydrogens is 551 g/mol. The van der Waals surface area contributed by atoms with E-state index < -0.39 is 6.17 Å². The van der Waals surface area contributed by atoms with Crippen molar-refractivity contribution in [2.24, 2.45) is 0 Å². The van der Waals surface area contributed by atoms with Crippen LogP contribution in [0.15, 0.2) is 36.4 Å². The number of pyridine rings is 1. The third-order valence-corrected chi connectivity index (χ3v) is 10.7. The van der Waals surface area contributed by atoms with E-state index in [0.717, 1.165) is 83.9 Å². The van der Waals surface area contributed by atoms with Crippen molar-refractivity contribution in [2.45, 2.75) is 68.9 Å². The van der Waals surface area contributed by atoms with Crippen LogP contribution < -0.4 is 19.9 Å². The van der Waals surface area contributed by atoms with Crippen molar-refractivity contribution in [2.75, 3.05) is 49.1 Å². The van der Waals surface area contributed by atoms with Crippen LogP contribution in [0.3, 0.4) is 0 Å². The fraction of sp³-hybridized carbons (Fsp3) is 0.515. The van der Waals surface area contributed by atoms with Crippen LogP contribution in [0.2, 0.25) is 5.02 Å². The molecule has 4 fully saturated rings. The first-order chi connectivity index (χ1) is 20.5. The Labute approximate surface area is 251 Å². The minimum absolute atomic E-state index is 0.302. The zero-order valence-electron chi connectivity index (χ0n) is 23.8. The molecule has 6 heterocycles. The number of rotatable bonds is 5. The monoisotopic (exact) mass is 586 g/mol. The van der Waals surface area contributed by atoms with Crippen LogP contribution in [-0.2, 0) is 13.0 Å². The number of hydrogen-bond donors (Lipinski definition) is 1. The molecule has 5 aliphatic rings. The first-order valence-corrected chi connectivity index (χ1v) is 15.8. The largest absolute Gasteiger partial charge is 0.475 e. The lowest BCUT2D eigenvalue weighted by molar-refractivity contribution is 0.110. The Morgan fingerprint density at radius 2 is 1.88 bits per heavy atom. The van der Waals surface area contributed by atoms with Gasteiger partial charge in [-0.2, -0.15) is 10.2 Å². The van der Waals surface area contributed by atoms with E-state index >= 15 is 0 Å². The number of fused-ring (bicyclic) bond motifs is 5. The second kappa shape index (κ2) is 10.3. The minimum Gasteiger partial charge on any atom is -0.475 e. The highest BCUT2D eigenvalue weighted by Crippen LogP contribution is 2.43. The van der Waals surface area contributed by atoms with Crippen LogP contribution in [0.25, 0.3) is 10.8 Å². The fourth-order valence-electron chi connectivity index (χ4n) is 8.44. The summed E-state index contributed by atoms with van der Waals surface area (Å²) < 4.78 is 21.1. The van der Waals surface area contributed by atoms with E-state index in [4.69, 9.17) is 21.3 Å². The Morgan fingerprint density at radius 3 is 2.69 bits per heavy atom. The quantitative estimate of drug-likeness (QED) is 0.440. The van der Waals surface area contributed by atoms with Crippen molar-refractivity contribution in [3.05, 3.63) is 58.1 Å². The summed E-state index contributed by atoms with van der Waals surface area (Å²) in [5.41, 5.74) is 3.44. The van der Waals surface area contributed by atoms with Crippen molar-refractivity contribution in [3.8, 4) is 11.9 Å². The molecule has 9 heteroatoms. The molecule has 8 rings (SSSR count). The van der Waals surface area contributed by atoms with E-state index in [1.807, 2.05) is 12.1 Å². The second-order valence-electron chi connectivity index (χ2n) is 12.9. The Kier molecular flexibility index (Phi) is 6.47. The van der Waals surface area contributed by atoms with Crippen molar-refractivity contribution in [1.29, 1.82) is 5.26 Å². The number of nitriles is 1. The van der Waals surface area contributed by atoms with Gasteiger partial charge < -0.3 is 19.9 Å². The highest BCUT2D eigenvalue weighted by atomic mass is 35.5. The predicted octanol–water partition coefficient (Wildman–Crippen LogP) is 5.22. The molecule has 0 spiro atoms. The summed E-state index contributed by atoms with van der Waals surface area (Å²) in [7, 11) is 0. The lowest BCUT2D eigenvalue weighted by Gasteiger charge is -2.39. The third-order valence-electron chi connectivity index (χ3n) is 10.4. The SMILES string of the molecule is N#Cc1c(OCC23CCCN2CC(F)C3)nc(N2CC3CCC(C2)N3)c2c1CN(c1cccc3cccc(Cl)c13)CC2. The number of anilines is 2. The van der Waals surface area contributed by atoms with Crippen LogP contribution >= 0.6 is 11.6 Å². The molecule has 4 atom stereocenters. The highest BCUT2D eigenvalue weighted by molar-refractivity contribution is 6.36. The molecule has 0 saturated carbocycles. The Balaban J connectivity index is 1.20. The zero-order chi connectivity index (χ0) is 28.4. The third kappa shape index (κ3) is 4.32. The van der Waals surface area contributed by atoms with Gasteiger partial charge in [0.1, 0.15) is 30.2 Å². The summed E-state index contributed by atoms with van der Waals surface area (Å²) >= 11 is 6.73. The maximum atomic E-state index is 14.5. The van der Waals surface area contributed by atoms with Gasteiger partial charge in [0.2, 0.25) is 5.88 Å². The minimum atomic E-state index is -0.825. The van der Waals surface area contributed by atoms with Crippen LogP contribution in [0.5, 0.6) is 5.88 Å². The van der Waals surface area contributed by atoms with Gasteiger partial charge in [0, 0.05) is 73.4 Å². The molecule has 4 saturated heterocycles. The molecule has 3 aromatic rings. The number of aromatic nitrogens is 1. The van der Waals surface area contributed by atoms with Gasteiger partial charge in [-0.3, -0.25) is 4.90 Å². The van der Waals surface area contributed by atoms with Crippen molar-refractivity contribution in [3.63, 3.8) is 0 Å². The van der Waals surface area contributed by atoms with Gasteiger partial charge in [-0.05, 0) is 56.2 Å². The lowest BCUT2D eigenvalue weighted by atomic mass is 9.93. The second-order valence-corrected chi connectivity index (χ2v) is 13.3. The summed E-state index contributed by atoms with van der Waals surface area (Å²) in [6.07, 6.45) is 4.79. The molecule has 7 nitrogen and oxygen atoms in total. The topological polar surface area (TPSA) is 67.7 Å². The predicted molar refractivity (Wildman–Crippen MR) is 163 cm³/mol. The number of halogens is 2. The summed E-state index contributed by atoms with van der Waals surface area (Å²) in [5.74, 6) is 1.36. The van der Waals surface area contributed by atoms with Crippen LogP contribution in [0.4, 0.5) is 15.9 Å². The molecule has 4 unspecified atom stereocenters.